The van der Waals surface area contributed by atoms with E-state index in [1.165, 1.54) is 30.2 Å². The van der Waals surface area contributed by atoms with E-state index < -0.39 is 0 Å². The molecule has 0 N–H and O–H groups in total. The lowest BCUT2D eigenvalue weighted by Crippen LogP contribution is -2.21. The van der Waals surface area contributed by atoms with E-state index in [4.69, 9.17) is 0 Å². The summed E-state index contributed by atoms with van der Waals surface area (Å²) >= 11 is 2.44. The Bertz CT molecular complexity index is 81.0. The molecule has 1 fully saturated rings. The Kier molecular flexibility index (Phi) is 3.26. The van der Waals surface area contributed by atoms with Gasteiger partial charge in [0.1, 0.15) is 0 Å². The van der Waals surface area contributed by atoms with E-state index in [-0.39, 0.29) is 0 Å². The van der Waals surface area contributed by atoms with Crippen LogP contribution in [0.3, 0.4) is 0 Å². The maximum atomic E-state index is 2.48. The fourth-order valence-corrected chi connectivity index (χ4v) is 1.35. The molecule has 0 saturated heterocycles. The van der Waals surface area contributed by atoms with Crippen LogP contribution in [-0.2, 0) is 0 Å². The molecule has 0 radical (unpaired) electrons. The van der Waals surface area contributed by atoms with Gasteiger partial charge in [0.25, 0.3) is 0 Å². The first-order valence-corrected chi connectivity index (χ1v) is 5.13. The molecule has 2 heteroatoms. The van der Waals surface area contributed by atoms with Crippen LogP contribution in [0.5, 0.6) is 0 Å². The van der Waals surface area contributed by atoms with E-state index >= 15 is 0 Å². The number of halogens is 1. The van der Waals surface area contributed by atoms with Gasteiger partial charge in [-0.05, 0) is 32.9 Å². The molecule has 0 aliphatic heterocycles. The molecule has 0 amide bonds. The third-order valence-corrected chi connectivity index (χ3v) is 2.58. The molecule has 0 bridgehead atoms. The van der Waals surface area contributed by atoms with Gasteiger partial charge in [0.05, 0.1) is 0 Å². The maximum Gasteiger partial charge on any atom is 0.00933 e. The molecule has 0 spiro atoms. The van der Waals surface area contributed by atoms with Gasteiger partial charge in [0, 0.05) is 10.5 Å². The van der Waals surface area contributed by atoms with E-state index in [9.17, 15) is 0 Å². The standard InChI is InChI=1S/C7H14IN/c1-9(6-2-5-8)7-3-4-7/h7H,2-6H2,1H3. The number of hydrogen-bond acceptors (Lipinski definition) is 1. The summed E-state index contributed by atoms with van der Waals surface area (Å²) in [6.07, 6.45) is 4.24. The van der Waals surface area contributed by atoms with Crippen LogP contribution in [0.25, 0.3) is 0 Å². The Morgan fingerprint density at radius 2 is 2.22 bits per heavy atom. The highest BCUT2D eigenvalue weighted by Gasteiger charge is 2.24. The molecule has 9 heavy (non-hydrogen) atoms. The van der Waals surface area contributed by atoms with Crippen LogP contribution >= 0.6 is 22.6 Å². The van der Waals surface area contributed by atoms with Gasteiger partial charge in [-0.15, -0.1) is 0 Å². The summed E-state index contributed by atoms with van der Waals surface area (Å²) in [5.41, 5.74) is 0. The smallest absolute Gasteiger partial charge is 0.00933 e. The molecule has 1 saturated carbocycles. The normalized spacial score (nSPS) is 19.0. The third kappa shape index (κ3) is 2.85. The number of rotatable bonds is 4. The predicted octanol–water partition coefficient (Wildman–Crippen LogP) is 1.91. The van der Waals surface area contributed by atoms with Gasteiger partial charge in [0.2, 0.25) is 0 Å². The molecule has 1 rings (SSSR count). The van der Waals surface area contributed by atoms with Gasteiger partial charge in [-0.1, -0.05) is 22.6 Å². The Hall–Kier alpha value is 0.690. The van der Waals surface area contributed by atoms with Gasteiger partial charge < -0.3 is 4.90 Å². The molecule has 0 aromatic heterocycles. The van der Waals surface area contributed by atoms with E-state index in [2.05, 4.69) is 34.5 Å². The van der Waals surface area contributed by atoms with Crippen molar-refractivity contribution in [3.05, 3.63) is 0 Å². The average Bonchev–Trinajstić information content (AvgIpc) is 2.63. The minimum Gasteiger partial charge on any atom is -0.303 e. The second-order valence-corrected chi connectivity index (χ2v) is 3.83. The molecular formula is C7H14IN. The lowest BCUT2D eigenvalue weighted by molar-refractivity contribution is 0.326. The lowest BCUT2D eigenvalue weighted by atomic mass is 10.4. The van der Waals surface area contributed by atoms with E-state index in [0.717, 1.165) is 6.04 Å². The van der Waals surface area contributed by atoms with Crippen LogP contribution < -0.4 is 0 Å². The Morgan fingerprint density at radius 1 is 1.56 bits per heavy atom. The van der Waals surface area contributed by atoms with Crippen molar-refractivity contribution in [2.24, 2.45) is 0 Å². The first kappa shape index (κ1) is 7.79. The molecular weight excluding hydrogens is 225 g/mol. The Balaban J connectivity index is 1.96. The zero-order chi connectivity index (χ0) is 6.69. The van der Waals surface area contributed by atoms with Gasteiger partial charge in [-0.3, -0.25) is 0 Å². The van der Waals surface area contributed by atoms with Crippen molar-refractivity contribution >= 4 is 22.6 Å². The average molecular weight is 239 g/mol. The molecule has 0 aromatic carbocycles. The van der Waals surface area contributed by atoms with Crippen molar-refractivity contribution in [3.63, 3.8) is 0 Å². The van der Waals surface area contributed by atoms with E-state index in [0.29, 0.717) is 0 Å². The highest BCUT2D eigenvalue weighted by atomic mass is 127. The van der Waals surface area contributed by atoms with Gasteiger partial charge in [-0.25, -0.2) is 0 Å². The van der Waals surface area contributed by atoms with Crippen LogP contribution in [0.2, 0.25) is 0 Å². The lowest BCUT2D eigenvalue weighted by Gasteiger charge is -2.13. The summed E-state index contributed by atoms with van der Waals surface area (Å²) in [5, 5.41) is 0. The second-order valence-electron chi connectivity index (χ2n) is 2.75. The summed E-state index contributed by atoms with van der Waals surface area (Å²) in [6.45, 7) is 1.30. The van der Waals surface area contributed by atoms with Crippen molar-refractivity contribution in [1.29, 1.82) is 0 Å². The molecule has 0 atom stereocenters. The summed E-state index contributed by atoms with van der Waals surface area (Å²) < 4.78 is 1.30. The zero-order valence-corrected chi connectivity index (χ0v) is 8.10. The highest BCUT2D eigenvalue weighted by molar-refractivity contribution is 14.1. The van der Waals surface area contributed by atoms with Crippen LogP contribution in [-0.4, -0.2) is 29.0 Å². The number of alkyl halides is 1. The molecule has 0 unspecified atom stereocenters. The first-order chi connectivity index (χ1) is 4.34. The summed E-state index contributed by atoms with van der Waals surface area (Å²) in [5.74, 6) is 0. The summed E-state index contributed by atoms with van der Waals surface area (Å²) in [6, 6.07) is 0.952. The second kappa shape index (κ2) is 3.76. The highest BCUT2D eigenvalue weighted by Crippen LogP contribution is 2.25. The van der Waals surface area contributed by atoms with Crippen LogP contribution in [0.15, 0.2) is 0 Å². The first-order valence-electron chi connectivity index (χ1n) is 3.61. The number of hydrogen-bond donors (Lipinski definition) is 0. The third-order valence-electron chi connectivity index (χ3n) is 1.81. The largest absolute Gasteiger partial charge is 0.303 e. The number of nitrogens with zero attached hydrogens (tertiary/aromatic N) is 1. The molecule has 1 nitrogen and oxygen atoms in total. The van der Waals surface area contributed by atoms with Gasteiger partial charge in [-0.2, -0.15) is 0 Å². The topological polar surface area (TPSA) is 3.24 Å². The predicted molar refractivity (Wildman–Crippen MR) is 49.2 cm³/mol. The Labute approximate surface area is 70.9 Å². The van der Waals surface area contributed by atoms with Crippen LogP contribution in [0, 0.1) is 0 Å². The van der Waals surface area contributed by atoms with Gasteiger partial charge >= 0.3 is 0 Å². The quantitative estimate of drug-likeness (QED) is 0.535. The zero-order valence-electron chi connectivity index (χ0n) is 5.94. The fourth-order valence-electron chi connectivity index (χ4n) is 1.01. The van der Waals surface area contributed by atoms with Crippen molar-refractivity contribution in [2.75, 3.05) is 18.0 Å². The van der Waals surface area contributed by atoms with Crippen molar-refractivity contribution in [2.45, 2.75) is 25.3 Å². The van der Waals surface area contributed by atoms with Crippen LogP contribution in [0.1, 0.15) is 19.3 Å². The maximum absolute atomic E-state index is 2.48. The monoisotopic (exact) mass is 239 g/mol. The summed E-state index contributed by atoms with van der Waals surface area (Å²) in [4.78, 5) is 2.48. The van der Waals surface area contributed by atoms with Crippen molar-refractivity contribution in [1.82, 2.24) is 4.90 Å². The molecule has 0 heterocycles. The van der Waals surface area contributed by atoms with Crippen molar-refractivity contribution < 1.29 is 0 Å². The van der Waals surface area contributed by atoms with E-state index in [1.807, 2.05) is 0 Å². The van der Waals surface area contributed by atoms with E-state index in [1.54, 1.807) is 0 Å². The molecule has 0 aromatic rings. The minimum atomic E-state index is 0.952. The minimum absolute atomic E-state index is 0.952. The fraction of sp³-hybridized carbons (Fsp3) is 1.00. The van der Waals surface area contributed by atoms with Crippen molar-refractivity contribution in [3.8, 4) is 0 Å². The molecule has 1 aliphatic carbocycles. The Morgan fingerprint density at radius 3 is 2.67 bits per heavy atom. The summed E-state index contributed by atoms with van der Waals surface area (Å²) in [7, 11) is 2.24. The molecule has 54 valence electrons. The van der Waals surface area contributed by atoms with Crippen LogP contribution in [0.4, 0.5) is 0 Å². The SMILES string of the molecule is CN(CCCI)C1CC1. The molecule has 1 aliphatic rings. The van der Waals surface area contributed by atoms with Gasteiger partial charge in [0.15, 0.2) is 0 Å².